The quantitative estimate of drug-likeness (QED) is 0.865. The summed E-state index contributed by atoms with van der Waals surface area (Å²) in [6.45, 7) is 2.51. The van der Waals surface area contributed by atoms with Crippen molar-refractivity contribution in [2.75, 3.05) is 6.54 Å². The van der Waals surface area contributed by atoms with Crippen molar-refractivity contribution in [1.29, 1.82) is 0 Å². The van der Waals surface area contributed by atoms with Crippen LogP contribution in [0.15, 0.2) is 18.2 Å². The van der Waals surface area contributed by atoms with Gasteiger partial charge in [0, 0.05) is 11.6 Å². The van der Waals surface area contributed by atoms with Crippen LogP contribution in [0.1, 0.15) is 31.4 Å². The normalized spacial score (nSPS) is 20.7. The molecule has 1 aromatic rings. The van der Waals surface area contributed by atoms with Gasteiger partial charge in [-0.2, -0.15) is 0 Å². The van der Waals surface area contributed by atoms with Gasteiger partial charge in [0.25, 0.3) is 0 Å². The molecule has 0 spiro atoms. The summed E-state index contributed by atoms with van der Waals surface area (Å²) in [7, 11) is 0. The van der Waals surface area contributed by atoms with Crippen LogP contribution in [0.2, 0.25) is 0 Å². The first-order chi connectivity index (χ1) is 8.58. The Bertz CT molecular complexity index is 445. The van der Waals surface area contributed by atoms with Crippen molar-refractivity contribution in [2.45, 2.75) is 31.8 Å². The smallest absolute Gasteiger partial charge is 0.237 e. The monoisotopic (exact) mass is 254 g/mol. The first-order valence-corrected chi connectivity index (χ1v) is 6.06. The molecule has 0 saturated carbocycles. The molecule has 0 bridgehead atoms. The molecule has 2 N–H and O–H groups in total. The highest BCUT2D eigenvalue weighted by molar-refractivity contribution is 5.82. The fourth-order valence-corrected chi connectivity index (χ4v) is 2.15. The van der Waals surface area contributed by atoms with E-state index in [4.69, 9.17) is 0 Å². The van der Waals surface area contributed by atoms with Gasteiger partial charge in [-0.05, 0) is 32.4 Å². The fourth-order valence-electron chi connectivity index (χ4n) is 2.15. The van der Waals surface area contributed by atoms with Gasteiger partial charge in [-0.1, -0.05) is 6.07 Å². The van der Waals surface area contributed by atoms with E-state index >= 15 is 0 Å². The predicted octanol–water partition coefficient (Wildman–Crippen LogP) is 1.89. The lowest BCUT2D eigenvalue weighted by atomic mass is 10.1. The molecule has 1 fully saturated rings. The number of amides is 1. The van der Waals surface area contributed by atoms with Crippen LogP contribution in [0.5, 0.6) is 0 Å². The highest BCUT2D eigenvalue weighted by Gasteiger charge is 2.24. The lowest BCUT2D eigenvalue weighted by molar-refractivity contribution is -0.123. The van der Waals surface area contributed by atoms with Crippen molar-refractivity contribution in [3.05, 3.63) is 35.4 Å². The summed E-state index contributed by atoms with van der Waals surface area (Å²) in [5.41, 5.74) is 0.294. The minimum Gasteiger partial charge on any atom is -0.348 e. The Morgan fingerprint density at radius 1 is 1.50 bits per heavy atom. The highest BCUT2D eigenvalue weighted by atomic mass is 19.1. The molecule has 1 aliphatic heterocycles. The molecule has 3 nitrogen and oxygen atoms in total. The number of carbonyl (C=O) groups excluding carboxylic acids is 1. The minimum atomic E-state index is -0.637. The Hall–Kier alpha value is -1.49. The van der Waals surface area contributed by atoms with Crippen LogP contribution in [0.25, 0.3) is 0 Å². The molecule has 1 aromatic carbocycles. The highest BCUT2D eigenvalue weighted by Crippen LogP contribution is 2.18. The molecular weight excluding hydrogens is 238 g/mol. The summed E-state index contributed by atoms with van der Waals surface area (Å²) >= 11 is 0. The van der Waals surface area contributed by atoms with E-state index in [9.17, 15) is 13.6 Å². The summed E-state index contributed by atoms with van der Waals surface area (Å²) < 4.78 is 26.3. The maximum atomic E-state index is 13.5. The van der Waals surface area contributed by atoms with Gasteiger partial charge in [0.15, 0.2) is 0 Å². The van der Waals surface area contributed by atoms with E-state index in [0.29, 0.717) is 5.56 Å². The van der Waals surface area contributed by atoms with E-state index in [-0.39, 0.29) is 11.9 Å². The third-order valence-corrected chi connectivity index (χ3v) is 3.16. The fraction of sp³-hybridized carbons (Fsp3) is 0.462. The largest absolute Gasteiger partial charge is 0.348 e. The minimum absolute atomic E-state index is 0.135. The Balaban J connectivity index is 2.02. The molecule has 5 heteroatoms. The van der Waals surface area contributed by atoms with Crippen molar-refractivity contribution >= 4 is 5.91 Å². The van der Waals surface area contributed by atoms with Gasteiger partial charge in [0.1, 0.15) is 11.6 Å². The van der Waals surface area contributed by atoms with Gasteiger partial charge >= 0.3 is 0 Å². The van der Waals surface area contributed by atoms with E-state index in [2.05, 4.69) is 10.6 Å². The second-order valence-electron chi connectivity index (χ2n) is 4.55. The maximum absolute atomic E-state index is 13.5. The van der Waals surface area contributed by atoms with E-state index < -0.39 is 17.7 Å². The molecule has 98 valence electrons. The van der Waals surface area contributed by atoms with E-state index in [1.54, 1.807) is 6.92 Å². The average molecular weight is 254 g/mol. The Kier molecular flexibility index (Phi) is 3.91. The Morgan fingerprint density at radius 2 is 2.28 bits per heavy atom. The van der Waals surface area contributed by atoms with Crippen LogP contribution in [0.4, 0.5) is 8.78 Å². The molecule has 2 rings (SSSR count). The molecule has 0 aliphatic carbocycles. The molecule has 18 heavy (non-hydrogen) atoms. The molecule has 1 saturated heterocycles. The molecule has 2 unspecified atom stereocenters. The Morgan fingerprint density at radius 3 is 2.89 bits per heavy atom. The standard InChI is InChI=1S/C13H16F2N2O/c1-8(10-5-4-9(14)7-11(10)15)17-13(18)12-3-2-6-16-12/h4-5,7-8,12,16H,2-3,6H2,1H3,(H,17,18). The first kappa shape index (κ1) is 13.0. The molecule has 2 atom stereocenters. The summed E-state index contributed by atoms with van der Waals surface area (Å²) in [5, 5.41) is 5.81. The van der Waals surface area contributed by atoms with Crippen LogP contribution in [0.3, 0.4) is 0 Å². The summed E-state index contributed by atoms with van der Waals surface area (Å²) in [6.07, 6.45) is 1.77. The van der Waals surface area contributed by atoms with E-state index in [1.807, 2.05) is 0 Å². The third kappa shape index (κ3) is 2.85. The molecule has 1 amide bonds. The van der Waals surface area contributed by atoms with Crippen molar-refractivity contribution in [3.8, 4) is 0 Å². The lowest BCUT2D eigenvalue weighted by Crippen LogP contribution is -2.41. The third-order valence-electron chi connectivity index (χ3n) is 3.16. The zero-order valence-corrected chi connectivity index (χ0v) is 10.2. The summed E-state index contributed by atoms with van der Waals surface area (Å²) in [5.74, 6) is -1.39. The van der Waals surface area contributed by atoms with Crippen LogP contribution >= 0.6 is 0 Å². The lowest BCUT2D eigenvalue weighted by Gasteiger charge is -2.18. The van der Waals surface area contributed by atoms with E-state index in [1.165, 1.54) is 12.1 Å². The van der Waals surface area contributed by atoms with Gasteiger partial charge in [-0.3, -0.25) is 4.79 Å². The molecule has 0 aromatic heterocycles. The van der Waals surface area contributed by atoms with Gasteiger partial charge in [0.2, 0.25) is 5.91 Å². The van der Waals surface area contributed by atoms with Gasteiger partial charge in [-0.15, -0.1) is 0 Å². The van der Waals surface area contributed by atoms with Gasteiger partial charge in [-0.25, -0.2) is 8.78 Å². The predicted molar refractivity (Wildman–Crippen MR) is 63.9 cm³/mol. The van der Waals surface area contributed by atoms with Crippen LogP contribution in [0, 0.1) is 11.6 Å². The van der Waals surface area contributed by atoms with Crippen molar-refractivity contribution < 1.29 is 13.6 Å². The Labute approximate surface area is 105 Å². The topological polar surface area (TPSA) is 41.1 Å². The second-order valence-corrected chi connectivity index (χ2v) is 4.55. The zero-order valence-electron chi connectivity index (χ0n) is 10.2. The number of nitrogens with one attached hydrogen (secondary N) is 2. The number of carbonyl (C=O) groups is 1. The van der Waals surface area contributed by atoms with Crippen LogP contribution in [-0.2, 0) is 4.79 Å². The number of hydrogen-bond acceptors (Lipinski definition) is 2. The second kappa shape index (κ2) is 5.44. The van der Waals surface area contributed by atoms with Crippen LogP contribution in [-0.4, -0.2) is 18.5 Å². The average Bonchev–Trinajstić information content (AvgIpc) is 2.81. The molecule has 1 heterocycles. The van der Waals surface area contributed by atoms with Gasteiger partial charge in [0.05, 0.1) is 12.1 Å². The summed E-state index contributed by atoms with van der Waals surface area (Å²) in [4.78, 5) is 11.8. The molecular formula is C13H16F2N2O. The van der Waals surface area contributed by atoms with E-state index in [0.717, 1.165) is 25.5 Å². The zero-order chi connectivity index (χ0) is 13.1. The molecule has 0 radical (unpaired) electrons. The van der Waals surface area contributed by atoms with Crippen molar-refractivity contribution in [3.63, 3.8) is 0 Å². The first-order valence-electron chi connectivity index (χ1n) is 6.06. The van der Waals surface area contributed by atoms with Gasteiger partial charge < -0.3 is 10.6 Å². The molecule has 1 aliphatic rings. The number of halogens is 2. The number of benzene rings is 1. The van der Waals surface area contributed by atoms with Crippen LogP contribution < -0.4 is 10.6 Å². The van der Waals surface area contributed by atoms with Crippen molar-refractivity contribution in [1.82, 2.24) is 10.6 Å². The maximum Gasteiger partial charge on any atom is 0.237 e. The number of hydrogen-bond donors (Lipinski definition) is 2. The number of rotatable bonds is 3. The van der Waals surface area contributed by atoms with Crippen molar-refractivity contribution in [2.24, 2.45) is 0 Å². The SMILES string of the molecule is CC(NC(=O)C1CCCN1)c1ccc(F)cc1F. The summed E-state index contributed by atoms with van der Waals surface area (Å²) in [6, 6.07) is 2.70.